The second kappa shape index (κ2) is 6.34. The number of carbonyl (C=O) groups is 2. The number of nitrogens with one attached hydrogen (secondary N) is 1. The van der Waals surface area contributed by atoms with Gasteiger partial charge in [-0.2, -0.15) is 0 Å². The smallest absolute Gasteiger partial charge is 0.318 e. The van der Waals surface area contributed by atoms with Gasteiger partial charge in [-0.05, 0) is 73.5 Å². The Morgan fingerprint density at radius 2 is 1.83 bits per heavy atom. The number of aromatic nitrogens is 2. The maximum Gasteiger partial charge on any atom is 0.318 e. The van der Waals surface area contributed by atoms with E-state index in [1.165, 1.54) is 18.3 Å². The van der Waals surface area contributed by atoms with Gasteiger partial charge in [0.15, 0.2) is 5.69 Å². The van der Waals surface area contributed by atoms with Crippen LogP contribution in [0, 0.1) is 17.3 Å². The van der Waals surface area contributed by atoms with Crippen molar-refractivity contribution in [2.24, 2.45) is 23.0 Å². The molecule has 2 atom stereocenters. The van der Waals surface area contributed by atoms with Crippen molar-refractivity contribution in [3.8, 4) is 11.6 Å². The number of esters is 1. The lowest BCUT2D eigenvalue weighted by atomic mass is 9.43. The van der Waals surface area contributed by atoms with E-state index in [-0.39, 0.29) is 23.0 Å². The van der Waals surface area contributed by atoms with Crippen LogP contribution in [0.15, 0.2) is 30.6 Å². The summed E-state index contributed by atoms with van der Waals surface area (Å²) >= 11 is 0. The molecule has 0 spiro atoms. The Balaban J connectivity index is 1.46. The summed E-state index contributed by atoms with van der Waals surface area (Å²) in [5, 5.41) is 0. The molecule has 1 heterocycles. The van der Waals surface area contributed by atoms with Crippen molar-refractivity contribution in [2.45, 2.75) is 43.9 Å². The van der Waals surface area contributed by atoms with Crippen LogP contribution in [0.2, 0.25) is 0 Å². The molecule has 3 N–H and O–H groups in total. The van der Waals surface area contributed by atoms with E-state index in [0.717, 1.165) is 37.9 Å². The maximum atomic E-state index is 13.4. The number of imidazole rings is 1. The van der Waals surface area contributed by atoms with E-state index >= 15 is 0 Å². The summed E-state index contributed by atoms with van der Waals surface area (Å²) in [5.74, 6) is 0.882. The quantitative estimate of drug-likeness (QED) is 0.757. The summed E-state index contributed by atoms with van der Waals surface area (Å²) in [6, 6.07) is 8.29. The molecule has 1 aromatic heterocycles. The highest BCUT2D eigenvalue weighted by Gasteiger charge is 2.61. The molecule has 7 nitrogen and oxygen atoms in total. The van der Waals surface area contributed by atoms with E-state index in [2.05, 4.69) is 22.1 Å². The van der Waals surface area contributed by atoms with Crippen molar-refractivity contribution in [2.75, 3.05) is 7.11 Å². The average molecular weight is 395 g/mol. The first-order valence-electron chi connectivity index (χ1n) is 10.1. The third kappa shape index (κ3) is 2.82. The zero-order valence-corrected chi connectivity index (χ0v) is 16.4. The van der Waals surface area contributed by atoms with Gasteiger partial charge in [0.05, 0.1) is 18.9 Å². The number of hydrogen-bond acceptors (Lipinski definition) is 5. The van der Waals surface area contributed by atoms with Crippen LogP contribution in [0.25, 0.3) is 0 Å². The number of H-pyrrole nitrogens is 1. The Hall–Kier alpha value is -2.83. The van der Waals surface area contributed by atoms with Crippen LogP contribution in [-0.4, -0.2) is 29.0 Å². The normalized spacial score (nSPS) is 32.2. The molecular weight excluding hydrogens is 370 g/mol. The molecule has 2 aromatic rings. The number of amides is 1. The lowest BCUT2D eigenvalue weighted by Gasteiger charge is -2.61. The molecule has 4 aliphatic rings. The largest absolute Gasteiger partial charge is 0.497 e. The molecular formula is C22H25N3O4. The molecule has 0 saturated heterocycles. The molecule has 1 amide bonds. The lowest BCUT2D eigenvalue weighted by Crippen LogP contribution is -2.57. The van der Waals surface area contributed by atoms with Crippen molar-refractivity contribution in [1.29, 1.82) is 0 Å². The summed E-state index contributed by atoms with van der Waals surface area (Å²) in [6.07, 6.45) is 7.18. The van der Waals surface area contributed by atoms with Crippen molar-refractivity contribution >= 4 is 11.9 Å². The summed E-state index contributed by atoms with van der Waals surface area (Å²) in [6.45, 7) is 0. The van der Waals surface area contributed by atoms with Crippen molar-refractivity contribution < 1.29 is 19.1 Å². The van der Waals surface area contributed by atoms with Gasteiger partial charge in [0.1, 0.15) is 5.75 Å². The van der Waals surface area contributed by atoms with Crippen molar-refractivity contribution in [3.05, 3.63) is 41.9 Å². The van der Waals surface area contributed by atoms with Crippen LogP contribution < -0.4 is 15.2 Å². The SMILES string of the molecule is COc1ccc(C23CC4CC(CC(C(=O)Oc5nc[nH]c5C(N)=O)(C4)C2)C3)cc1. The van der Waals surface area contributed by atoms with Gasteiger partial charge >= 0.3 is 5.97 Å². The van der Waals surface area contributed by atoms with E-state index in [4.69, 9.17) is 15.2 Å². The third-order valence-corrected chi connectivity index (χ3v) is 7.24. The van der Waals surface area contributed by atoms with Gasteiger partial charge in [-0.15, -0.1) is 0 Å². The molecule has 2 unspecified atom stereocenters. The second-order valence-corrected chi connectivity index (χ2v) is 9.09. The zero-order chi connectivity index (χ0) is 20.2. The van der Waals surface area contributed by atoms with Crippen LogP contribution >= 0.6 is 0 Å². The Morgan fingerprint density at radius 3 is 2.45 bits per heavy atom. The molecule has 0 aliphatic heterocycles. The van der Waals surface area contributed by atoms with Gasteiger partial charge in [0, 0.05) is 0 Å². The minimum atomic E-state index is -0.689. The fourth-order valence-electron chi connectivity index (χ4n) is 6.52. The number of aromatic amines is 1. The van der Waals surface area contributed by atoms with E-state index in [0.29, 0.717) is 11.8 Å². The Morgan fingerprint density at radius 1 is 1.14 bits per heavy atom. The van der Waals surface area contributed by atoms with Gasteiger partial charge in [-0.3, -0.25) is 9.59 Å². The molecule has 6 rings (SSSR count). The highest BCUT2D eigenvalue weighted by molar-refractivity contribution is 5.94. The number of nitrogens with two attached hydrogens (primary N) is 1. The standard InChI is InChI=1S/C22H25N3O4/c1-28-16-4-2-15(3-5-16)21-7-13-6-14(8-21)10-22(9-13,11-21)20(27)29-19-17(18(23)26)24-12-25-19/h2-5,12-14H,6-11H2,1H3,(H2,23,26)(H,24,25). The summed E-state index contributed by atoms with van der Waals surface area (Å²) < 4.78 is 11.0. The number of ether oxygens (including phenoxy) is 2. The number of nitrogens with zero attached hydrogens (tertiary/aromatic N) is 1. The topological polar surface area (TPSA) is 107 Å². The fourth-order valence-corrected chi connectivity index (χ4v) is 6.52. The first-order chi connectivity index (χ1) is 13.9. The number of rotatable bonds is 5. The van der Waals surface area contributed by atoms with Crippen molar-refractivity contribution in [3.63, 3.8) is 0 Å². The third-order valence-electron chi connectivity index (χ3n) is 7.24. The fraction of sp³-hybridized carbons (Fsp3) is 0.500. The summed E-state index contributed by atoms with van der Waals surface area (Å²) in [4.78, 5) is 31.6. The molecule has 7 heteroatoms. The van der Waals surface area contributed by atoms with Crippen LogP contribution in [0.3, 0.4) is 0 Å². The number of carbonyl (C=O) groups excluding carboxylic acids is 2. The van der Waals surface area contributed by atoms with Crippen LogP contribution in [0.1, 0.15) is 54.6 Å². The summed E-state index contributed by atoms with van der Waals surface area (Å²) in [7, 11) is 1.67. The Labute approximate surface area is 169 Å². The number of primary amides is 1. The molecule has 29 heavy (non-hydrogen) atoms. The predicted octanol–water partition coefficient (Wildman–Crippen LogP) is 2.96. The molecule has 0 radical (unpaired) electrons. The predicted molar refractivity (Wildman–Crippen MR) is 105 cm³/mol. The summed E-state index contributed by atoms with van der Waals surface area (Å²) in [5.41, 5.74) is 6.13. The van der Waals surface area contributed by atoms with E-state index in [9.17, 15) is 9.59 Å². The molecule has 152 valence electrons. The van der Waals surface area contributed by atoms with Gasteiger partial charge in [0.25, 0.3) is 11.8 Å². The monoisotopic (exact) mass is 395 g/mol. The van der Waals surface area contributed by atoms with Gasteiger partial charge in [0.2, 0.25) is 0 Å². The van der Waals surface area contributed by atoms with E-state index < -0.39 is 11.3 Å². The van der Waals surface area contributed by atoms with Crippen molar-refractivity contribution in [1.82, 2.24) is 9.97 Å². The molecule has 4 aliphatic carbocycles. The first-order valence-corrected chi connectivity index (χ1v) is 10.1. The number of benzene rings is 1. The minimum Gasteiger partial charge on any atom is -0.497 e. The zero-order valence-electron chi connectivity index (χ0n) is 16.4. The molecule has 4 saturated carbocycles. The van der Waals surface area contributed by atoms with Gasteiger partial charge in [-0.25, -0.2) is 4.98 Å². The van der Waals surface area contributed by atoms with Crippen LogP contribution in [-0.2, 0) is 10.2 Å². The average Bonchev–Trinajstić information content (AvgIpc) is 3.15. The van der Waals surface area contributed by atoms with E-state index in [1.54, 1.807) is 7.11 Å². The van der Waals surface area contributed by atoms with Gasteiger partial charge in [-0.1, -0.05) is 12.1 Å². The molecule has 1 aromatic carbocycles. The second-order valence-electron chi connectivity index (χ2n) is 9.09. The maximum absolute atomic E-state index is 13.4. The molecule has 4 bridgehead atoms. The Kier molecular flexibility index (Phi) is 3.98. The lowest BCUT2D eigenvalue weighted by molar-refractivity contribution is -0.164. The minimum absolute atomic E-state index is 0.00648. The van der Waals surface area contributed by atoms with Gasteiger partial charge < -0.3 is 20.2 Å². The Bertz CT molecular complexity index is 951. The number of methoxy groups -OCH3 is 1. The van der Waals surface area contributed by atoms with Crippen LogP contribution in [0.4, 0.5) is 0 Å². The highest BCUT2D eigenvalue weighted by atomic mass is 16.5. The number of hydrogen-bond donors (Lipinski definition) is 2. The highest BCUT2D eigenvalue weighted by Crippen LogP contribution is 2.66. The van der Waals surface area contributed by atoms with Crippen LogP contribution in [0.5, 0.6) is 11.6 Å². The molecule has 4 fully saturated rings. The first kappa shape index (κ1) is 18.2. The van der Waals surface area contributed by atoms with E-state index in [1.807, 2.05) is 12.1 Å².